The highest BCUT2D eigenvalue weighted by Crippen LogP contribution is 2.47. The van der Waals surface area contributed by atoms with Crippen molar-refractivity contribution in [1.82, 2.24) is 19.9 Å². The molecule has 0 radical (unpaired) electrons. The molecule has 4 aliphatic rings. The molecule has 8 heteroatoms. The summed E-state index contributed by atoms with van der Waals surface area (Å²) in [6.07, 6.45) is 3.42. The Morgan fingerprint density at radius 3 is 1.28 bits per heavy atom. The van der Waals surface area contributed by atoms with E-state index in [1.807, 2.05) is 27.7 Å². The zero-order chi connectivity index (χ0) is 45.2. The van der Waals surface area contributed by atoms with Gasteiger partial charge in [0.15, 0.2) is 11.6 Å². The maximum atomic E-state index is 6.30. The van der Waals surface area contributed by atoms with Crippen LogP contribution in [-0.2, 0) is 31.8 Å². The monoisotopic (exact) mass is 859 g/mol. The number of hydrogen-bond acceptors (Lipinski definition) is 6. The van der Waals surface area contributed by atoms with Crippen molar-refractivity contribution in [3.05, 3.63) is 117 Å². The molecule has 5 aromatic rings. The first kappa shape index (κ1) is 44.1. The minimum Gasteiger partial charge on any atom is -0.354 e. The number of aryl methyl sites for hydroxylation is 4. The summed E-state index contributed by atoms with van der Waals surface area (Å²) in [7, 11) is 0. The molecule has 64 heavy (non-hydrogen) atoms. The fourth-order valence-electron chi connectivity index (χ4n) is 10.7. The number of hydrogen-bond donors (Lipinski definition) is 2. The fraction of sp³-hybridized carbons (Fsp3) is 0.429. The molecule has 2 N–H and O–H groups in total. The van der Waals surface area contributed by atoms with E-state index < -0.39 is 11.6 Å². The van der Waals surface area contributed by atoms with Crippen LogP contribution < -0.4 is 0 Å². The molecule has 8 nitrogen and oxygen atoms in total. The van der Waals surface area contributed by atoms with E-state index in [0.717, 1.165) is 87.2 Å². The van der Waals surface area contributed by atoms with E-state index in [2.05, 4.69) is 126 Å². The molecule has 0 saturated carbocycles. The lowest BCUT2D eigenvalue weighted by Crippen LogP contribution is -2.38. The third-order valence-electron chi connectivity index (χ3n) is 14.3. The normalized spacial score (nSPS) is 18.1. The van der Waals surface area contributed by atoms with Gasteiger partial charge in [-0.2, -0.15) is 0 Å². The molecule has 3 aromatic heterocycles. The Labute approximate surface area is 379 Å². The summed E-state index contributed by atoms with van der Waals surface area (Å²) < 4.78 is 25.2. The van der Waals surface area contributed by atoms with Crippen LogP contribution >= 0.6 is 0 Å². The Balaban J connectivity index is 1.43. The van der Waals surface area contributed by atoms with E-state index in [9.17, 15) is 0 Å². The Morgan fingerprint density at radius 2 is 0.906 bits per heavy atom. The molecule has 8 bridgehead atoms. The van der Waals surface area contributed by atoms with E-state index in [0.29, 0.717) is 26.4 Å². The summed E-state index contributed by atoms with van der Waals surface area (Å²) in [5, 5.41) is 0. The van der Waals surface area contributed by atoms with Crippen molar-refractivity contribution in [1.29, 1.82) is 0 Å². The molecule has 7 heterocycles. The lowest BCUT2D eigenvalue weighted by Gasteiger charge is -2.35. The van der Waals surface area contributed by atoms with Crippen LogP contribution in [0, 0.1) is 13.8 Å². The van der Waals surface area contributed by atoms with Crippen molar-refractivity contribution in [2.45, 2.75) is 132 Å². The minimum absolute atomic E-state index is 0.0522. The standard InChI is InChI=1S/C56H66N4O4/c1-13-37-31(5)51-49(43-23-19-17-21-41(43)35-27-61-55(9,10)62-28-35)52-33(7)39(15-3)47(59-52)26-48-40(16-4)34(8)54(60-48)50(53-32(6)38(14-2)46(58-53)25-45(37)57-51)44-24-20-18-22-42(44)36-29-63-56(11,12)64-30-36/h17-26,35-36,57,59H,13-16,27-30H2,1-12H3. The summed E-state index contributed by atoms with van der Waals surface area (Å²) in [5.74, 6) is -1.10. The van der Waals surface area contributed by atoms with Crippen molar-refractivity contribution in [3.8, 4) is 22.3 Å². The lowest BCUT2D eigenvalue weighted by atomic mass is 9.86. The second-order valence-electron chi connectivity index (χ2n) is 19.0. The topological polar surface area (TPSA) is 94.3 Å². The molecule has 0 amide bonds. The van der Waals surface area contributed by atoms with Crippen LogP contribution in [0.5, 0.6) is 0 Å². The zero-order valence-corrected chi connectivity index (χ0v) is 40.1. The van der Waals surface area contributed by atoms with Gasteiger partial charge in [-0.1, -0.05) is 76.2 Å². The quantitative estimate of drug-likeness (QED) is 0.161. The average Bonchev–Trinajstić information content (AvgIpc) is 3.97. The second-order valence-corrected chi connectivity index (χ2v) is 19.0. The maximum absolute atomic E-state index is 6.30. The van der Waals surface area contributed by atoms with Crippen LogP contribution in [0.2, 0.25) is 0 Å². The van der Waals surface area contributed by atoms with Crippen molar-refractivity contribution >= 4 is 44.4 Å². The molecular weight excluding hydrogens is 793 g/mol. The summed E-state index contributed by atoms with van der Waals surface area (Å²) >= 11 is 0. The van der Waals surface area contributed by atoms with Crippen LogP contribution in [-0.4, -0.2) is 57.9 Å². The molecule has 334 valence electrons. The number of nitrogens with one attached hydrogen (secondary N) is 2. The highest BCUT2D eigenvalue weighted by atomic mass is 16.7. The van der Waals surface area contributed by atoms with Crippen LogP contribution in [0.15, 0.2) is 60.7 Å². The number of H-pyrrole nitrogens is 2. The second kappa shape index (κ2) is 17.0. The van der Waals surface area contributed by atoms with Gasteiger partial charge in [0.2, 0.25) is 0 Å². The van der Waals surface area contributed by atoms with E-state index in [4.69, 9.17) is 28.9 Å². The highest BCUT2D eigenvalue weighted by molar-refractivity contribution is 6.04. The van der Waals surface area contributed by atoms with Crippen molar-refractivity contribution < 1.29 is 18.9 Å². The van der Waals surface area contributed by atoms with Crippen LogP contribution in [0.3, 0.4) is 0 Å². The highest BCUT2D eigenvalue weighted by Gasteiger charge is 2.34. The van der Waals surface area contributed by atoms with Crippen LogP contribution in [0.1, 0.15) is 150 Å². The average molecular weight is 859 g/mol. The van der Waals surface area contributed by atoms with Crippen molar-refractivity contribution in [3.63, 3.8) is 0 Å². The van der Waals surface area contributed by atoms with E-state index in [1.165, 1.54) is 61.2 Å². The first-order valence-electron chi connectivity index (χ1n) is 23.6. The molecule has 2 saturated heterocycles. The van der Waals surface area contributed by atoms with Gasteiger partial charge in [-0.25, -0.2) is 9.97 Å². The number of ether oxygens (including phenoxy) is 4. The SMILES string of the molecule is CCC1=C(C)c2nc1cc1[nH]c(c(C)c1CC)c(-c1ccccc1C1COC(C)(C)OC1)c1[nH]c(cc3nc(c2-c2ccccc2C2COC(C)(C)OC2)C(C)=C3CC)c(CC)c1C. The number of allylic oxidation sites excluding steroid dienone is 4. The van der Waals surface area contributed by atoms with Gasteiger partial charge < -0.3 is 28.9 Å². The van der Waals surface area contributed by atoms with Crippen molar-refractivity contribution in [2.75, 3.05) is 26.4 Å². The van der Waals surface area contributed by atoms with Gasteiger partial charge in [-0.05, 0) is 160 Å². The number of nitrogens with zero attached hydrogens (tertiary/aromatic N) is 2. The van der Waals surface area contributed by atoms with Gasteiger partial charge in [0.1, 0.15) is 0 Å². The number of fused-ring (bicyclic) bond motifs is 8. The smallest absolute Gasteiger partial charge is 0.162 e. The summed E-state index contributed by atoms with van der Waals surface area (Å²) in [5.41, 5.74) is 25.2. The Kier molecular flexibility index (Phi) is 11.7. The molecule has 4 aliphatic heterocycles. The third kappa shape index (κ3) is 7.60. The van der Waals surface area contributed by atoms with Crippen LogP contribution in [0.4, 0.5) is 0 Å². The molecule has 0 atom stereocenters. The van der Waals surface area contributed by atoms with Gasteiger partial charge >= 0.3 is 0 Å². The van der Waals surface area contributed by atoms with Gasteiger partial charge in [0.25, 0.3) is 0 Å². The Bertz CT molecular complexity index is 2760. The lowest BCUT2D eigenvalue weighted by molar-refractivity contribution is -0.251. The Morgan fingerprint density at radius 1 is 0.531 bits per heavy atom. The molecular formula is C56H66N4O4. The predicted molar refractivity (Wildman–Crippen MR) is 263 cm³/mol. The number of aromatic amines is 2. The first-order valence-corrected chi connectivity index (χ1v) is 23.6. The third-order valence-corrected chi connectivity index (χ3v) is 14.3. The minimum atomic E-state index is -0.616. The fourth-order valence-corrected chi connectivity index (χ4v) is 10.7. The first-order chi connectivity index (χ1) is 30.7. The van der Waals surface area contributed by atoms with Gasteiger partial charge in [-0.15, -0.1) is 0 Å². The van der Waals surface area contributed by atoms with E-state index in [1.54, 1.807) is 0 Å². The largest absolute Gasteiger partial charge is 0.354 e. The number of aromatic nitrogens is 4. The summed E-state index contributed by atoms with van der Waals surface area (Å²) in [6, 6.07) is 22.2. The molecule has 0 unspecified atom stereocenters. The molecule has 2 aromatic carbocycles. The van der Waals surface area contributed by atoms with E-state index >= 15 is 0 Å². The summed E-state index contributed by atoms with van der Waals surface area (Å²) in [4.78, 5) is 19.5. The van der Waals surface area contributed by atoms with Crippen molar-refractivity contribution in [2.24, 2.45) is 0 Å². The Hall–Kier alpha value is -5.12. The zero-order valence-electron chi connectivity index (χ0n) is 40.1. The molecule has 0 aliphatic carbocycles. The number of benzene rings is 2. The molecule has 9 rings (SSSR count). The van der Waals surface area contributed by atoms with E-state index in [-0.39, 0.29) is 11.8 Å². The number of rotatable bonds is 8. The molecule has 0 spiro atoms. The summed E-state index contributed by atoms with van der Waals surface area (Å²) in [6.45, 7) is 28.4. The predicted octanol–water partition coefficient (Wildman–Crippen LogP) is 13.8. The van der Waals surface area contributed by atoms with Gasteiger partial charge in [0, 0.05) is 34.0 Å². The maximum Gasteiger partial charge on any atom is 0.162 e. The van der Waals surface area contributed by atoms with Crippen LogP contribution in [0.25, 0.3) is 66.6 Å². The van der Waals surface area contributed by atoms with Gasteiger partial charge in [0.05, 0.1) is 60.2 Å². The van der Waals surface area contributed by atoms with Gasteiger partial charge in [-0.3, -0.25) is 0 Å². The molecule has 2 fully saturated rings.